The van der Waals surface area contributed by atoms with Gasteiger partial charge in [-0.3, -0.25) is 14.6 Å². The molecule has 1 heterocycles. The average Bonchev–Trinajstić information content (AvgIpc) is 2.79. The van der Waals surface area contributed by atoms with Gasteiger partial charge in [0.1, 0.15) is 23.1 Å². The molecule has 1 aliphatic heterocycles. The summed E-state index contributed by atoms with van der Waals surface area (Å²) < 4.78 is 11.7. The SMILES string of the molecule is CC(C)N(CCNC(=O)C1c2ccc(Oc3ccccc3)cc2CCN1C(=O)OC(C)(C)C)C(C)C. The number of ether oxygens (including phenoxy) is 2. The van der Waals surface area contributed by atoms with E-state index in [0.717, 1.165) is 23.4 Å². The third-order valence-corrected chi connectivity index (χ3v) is 6.19. The van der Waals surface area contributed by atoms with E-state index in [4.69, 9.17) is 9.47 Å². The van der Waals surface area contributed by atoms with Crippen molar-refractivity contribution in [1.82, 2.24) is 15.1 Å². The molecule has 0 aromatic heterocycles. The van der Waals surface area contributed by atoms with Crippen molar-refractivity contribution >= 4 is 12.0 Å². The molecule has 0 fully saturated rings. The van der Waals surface area contributed by atoms with Crippen molar-refractivity contribution in [3.8, 4) is 11.5 Å². The molecule has 2 amide bonds. The first kappa shape index (κ1) is 27.5. The zero-order valence-corrected chi connectivity index (χ0v) is 22.7. The fraction of sp³-hybridized carbons (Fsp3) is 0.517. The van der Waals surface area contributed by atoms with E-state index in [0.29, 0.717) is 37.3 Å². The second-order valence-corrected chi connectivity index (χ2v) is 10.8. The highest BCUT2D eigenvalue weighted by molar-refractivity contribution is 5.88. The standard InChI is InChI=1S/C29H41N3O4/c1-20(2)31(21(3)4)18-16-30-27(33)26-25-14-13-24(35-23-11-9-8-10-12-23)19-22(25)15-17-32(26)28(34)36-29(5,6)7/h8-14,19-21,26H,15-18H2,1-7H3,(H,30,33). The summed E-state index contributed by atoms with van der Waals surface area (Å²) in [6, 6.07) is 15.3. The maximum Gasteiger partial charge on any atom is 0.411 e. The Morgan fingerprint density at radius 3 is 2.31 bits per heavy atom. The Hall–Kier alpha value is -3.06. The molecule has 1 N–H and O–H groups in total. The minimum Gasteiger partial charge on any atom is -0.457 e. The van der Waals surface area contributed by atoms with Crippen LogP contribution in [0.1, 0.15) is 65.6 Å². The normalized spacial score (nSPS) is 15.7. The molecule has 0 aliphatic carbocycles. The number of nitrogens with zero attached hydrogens (tertiary/aromatic N) is 2. The highest BCUT2D eigenvalue weighted by Gasteiger charge is 2.38. The van der Waals surface area contributed by atoms with Gasteiger partial charge in [-0.05, 0) is 90.3 Å². The first-order chi connectivity index (χ1) is 17.0. The van der Waals surface area contributed by atoms with E-state index in [2.05, 4.69) is 37.9 Å². The molecular formula is C29H41N3O4. The van der Waals surface area contributed by atoms with Crippen LogP contribution in [0.4, 0.5) is 4.79 Å². The third-order valence-electron chi connectivity index (χ3n) is 6.19. The summed E-state index contributed by atoms with van der Waals surface area (Å²) in [5, 5.41) is 3.07. The molecule has 2 aromatic carbocycles. The number of amides is 2. The molecule has 0 saturated heterocycles. The number of hydrogen-bond acceptors (Lipinski definition) is 5. The van der Waals surface area contributed by atoms with Gasteiger partial charge in [-0.25, -0.2) is 4.79 Å². The largest absolute Gasteiger partial charge is 0.457 e. The van der Waals surface area contributed by atoms with E-state index in [1.807, 2.05) is 69.3 Å². The summed E-state index contributed by atoms with van der Waals surface area (Å²) in [6.45, 7) is 15.7. The van der Waals surface area contributed by atoms with Crippen molar-refractivity contribution in [3.05, 3.63) is 59.7 Å². The number of nitrogens with one attached hydrogen (secondary N) is 1. The molecule has 0 spiro atoms. The summed E-state index contributed by atoms with van der Waals surface area (Å²) in [5.74, 6) is 1.25. The Balaban J connectivity index is 1.83. The van der Waals surface area contributed by atoms with Crippen LogP contribution in [-0.2, 0) is 16.0 Å². The predicted molar refractivity (Wildman–Crippen MR) is 142 cm³/mol. The number of fused-ring (bicyclic) bond motifs is 1. The molecule has 0 radical (unpaired) electrons. The second-order valence-electron chi connectivity index (χ2n) is 10.8. The summed E-state index contributed by atoms with van der Waals surface area (Å²) in [5.41, 5.74) is 1.14. The molecule has 0 bridgehead atoms. The highest BCUT2D eigenvalue weighted by atomic mass is 16.6. The van der Waals surface area contributed by atoms with E-state index in [1.54, 1.807) is 4.90 Å². The molecule has 36 heavy (non-hydrogen) atoms. The van der Waals surface area contributed by atoms with Crippen LogP contribution >= 0.6 is 0 Å². The first-order valence-electron chi connectivity index (χ1n) is 12.8. The Bertz CT molecular complexity index is 1020. The topological polar surface area (TPSA) is 71.1 Å². The molecule has 7 nitrogen and oxygen atoms in total. The minimum absolute atomic E-state index is 0.203. The van der Waals surface area contributed by atoms with Crippen molar-refractivity contribution in [1.29, 1.82) is 0 Å². The van der Waals surface area contributed by atoms with Crippen LogP contribution in [0.3, 0.4) is 0 Å². The van der Waals surface area contributed by atoms with Crippen LogP contribution in [0, 0.1) is 0 Å². The summed E-state index contributed by atoms with van der Waals surface area (Å²) in [6.07, 6.45) is 0.127. The second kappa shape index (κ2) is 11.8. The number of hydrogen-bond donors (Lipinski definition) is 1. The molecular weight excluding hydrogens is 454 g/mol. The quantitative estimate of drug-likeness (QED) is 0.520. The monoisotopic (exact) mass is 495 g/mol. The summed E-state index contributed by atoms with van der Waals surface area (Å²) in [4.78, 5) is 30.5. The van der Waals surface area contributed by atoms with Crippen LogP contribution in [0.15, 0.2) is 48.5 Å². The van der Waals surface area contributed by atoms with Crippen LogP contribution in [-0.4, -0.2) is 59.1 Å². The van der Waals surface area contributed by atoms with Gasteiger partial charge >= 0.3 is 6.09 Å². The van der Waals surface area contributed by atoms with Gasteiger partial charge in [0, 0.05) is 31.7 Å². The summed E-state index contributed by atoms with van der Waals surface area (Å²) in [7, 11) is 0. The fourth-order valence-electron chi connectivity index (χ4n) is 4.61. The molecule has 7 heteroatoms. The zero-order valence-electron chi connectivity index (χ0n) is 22.7. The van der Waals surface area contributed by atoms with Gasteiger partial charge in [0.05, 0.1) is 0 Å². The minimum atomic E-state index is -0.763. The van der Waals surface area contributed by atoms with E-state index >= 15 is 0 Å². The summed E-state index contributed by atoms with van der Waals surface area (Å²) >= 11 is 0. The lowest BCUT2D eigenvalue weighted by atomic mass is 9.92. The van der Waals surface area contributed by atoms with Crippen molar-refractivity contribution in [2.24, 2.45) is 0 Å². The van der Waals surface area contributed by atoms with Crippen LogP contribution in [0.25, 0.3) is 0 Å². The lowest BCUT2D eigenvalue weighted by molar-refractivity contribution is -0.127. The van der Waals surface area contributed by atoms with Gasteiger partial charge in [0.25, 0.3) is 0 Å². The maximum absolute atomic E-state index is 13.5. The zero-order chi connectivity index (χ0) is 26.5. The molecule has 2 aromatic rings. The molecule has 1 unspecified atom stereocenters. The molecule has 1 atom stereocenters. The number of rotatable bonds is 8. The lowest BCUT2D eigenvalue weighted by Gasteiger charge is -2.37. The van der Waals surface area contributed by atoms with Gasteiger partial charge in [-0.2, -0.15) is 0 Å². The lowest BCUT2D eigenvalue weighted by Crippen LogP contribution is -2.50. The van der Waals surface area contributed by atoms with Crippen LogP contribution < -0.4 is 10.1 Å². The van der Waals surface area contributed by atoms with Crippen molar-refractivity contribution in [3.63, 3.8) is 0 Å². The van der Waals surface area contributed by atoms with E-state index in [1.165, 1.54) is 0 Å². The van der Waals surface area contributed by atoms with Gasteiger partial charge in [0.2, 0.25) is 5.91 Å². The highest BCUT2D eigenvalue weighted by Crippen LogP contribution is 2.34. The van der Waals surface area contributed by atoms with Gasteiger partial charge in [-0.1, -0.05) is 24.3 Å². The maximum atomic E-state index is 13.5. The number of para-hydroxylation sites is 1. The Labute approximate surface area is 215 Å². The van der Waals surface area contributed by atoms with Gasteiger partial charge in [-0.15, -0.1) is 0 Å². The molecule has 0 saturated carbocycles. The number of carbonyl (C=O) groups is 2. The number of benzene rings is 2. The van der Waals surface area contributed by atoms with Crippen LogP contribution in [0.2, 0.25) is 0 Å². The van der Waals surface area contributed by atoms with E-state index in [9.17, 15) is 9.59 Å². The van der Waals surface area contributed by atoms with Gasteiger partial charge in [0.15, 0.2) is 0 Å². The van der Waals surface area contributed by atoms with Gasteiger partial charge < -0.3 is 14.8 Å². The molecule has 196 valence electrons. The third kappa shape index (κ3) is 7.23. The number of carbonyl (C=O) groups excluding carboxylic acids is 2. The smallest absolute Gasteiger partial charge is 0.411 e. The Morgan fingerprint density at radius 2 is 1.69 bits per heavy atom. The molecule has 3 rings (SSSR count). The van der Waals surface area contributed by atoms with Crippen molar-refractivity contribution < 1.29 is 19.1 Å². The van der Waals surface area contributed by atoms with E-state index < -0.39 is 17.7 Å². The Morgan fingerprint density at radius 1 is 1.03 bits per heavy atom. The molecule has 1 aliphatic rings. The van der Waals surface area contributed by atoms with Crippen molar-refractivity contribution in [2.45, 2.75) is 78.6 Å². The Kier molecular flexibility index (Phi) is 9.01. The first-order valence-corrected chi connectivity index (χ1v) is 12.8. The van der Waals surface area contributed by atoms with Crippen molar-refractivity contribution in [2.75, 3.05) is 19.6 Å². The fourth-order valence-corrected chi connectivity index (χ4v) is 4.61. The van der Waals surface area contributed by atoms with E-state index in [-0.39, 0.29) is 5.91 Å². The van der Waals surface area contributed by atoms with Crippen LogP contribution in [0.5, 0.6) is 11.5 Å². The predicted octanol–water partition coefficient (Wildman–Crippen LogP) is 5.55. The average molecular weight is 496 g/mol.